The van der Waals surface area contributed by atoms with Crippen LogP contribution in [0, 0.1) is 0 Å². The molecule has 3 heterocycles. The summed E-state index contributed by atoms with van der Waals surface area (Å²) in [6, 6.07) is 50.7. The van der Waals surface area contributed by atoms with E-state index >= 15 is 0 Å². The molecular formula is C57H48N2. The van der Waals surface area contributed by atoms with Crippen LogP contribution in [0.5, 0.6) is 0 Å². The average Bonchev–Trinajstić information content (AvgIpc) is 3.48. The number of benzene rings is 7. The number of rotatable bonds is 4. The smallest absolute Gasteiger partial charge is 0.0583 e. The molecule has 5 aliphatic rings. The third-order valence-electron chi connectivity index (χ3n) is 14.8. The minimum Gasteiger partial charge on any atom is -0.310 e. The van der Waals surface area contributed by atoms with Crippen LogP contribution in [0.4, 0.5) is 34.1 Å². The van der Waals surface area contributed by atoms with Crippen molar-refractivity contribution in [3.05, 3.63) is 202 Å². The van der Waals surface area contributed by atoms with E-state index in [2.05, 4.69) is 197 Å². The summed E-state index contributed by atoms with van der Waals surface area (Å²) >= 11 is 0. The van der Waals surface area contributed by atoms with Crippen molar-refractivity contribution < 1.29 is 0 Å². The van der Waals surface area contributed by atoms with Gasteiger partial charge in [0.15, 0.2) is 0 Å². The molecule has 0 N–H and O–H groups in total. The lowest BCUT2D eigenvalue weighted by Gasteiger charge is -2.52. The second-order valence-corrected chi connectivity index (χ2v) is 19.0. The van der Waals surface area contributed by atoms with E-state index in [-0.39, 0.29) is 16.2 Å². The van der Waals surface area contributed by atoms with Crippen molar-refractivity contribution >= 4 is 56.0 Å². The van der Waals surface area contributed by atoms with Crippen molar-refractivity contribution in [1.29, 1.82) is 0 Å². The van der Waals surface area contributed by atoms with Crippen LogP contribution in [0.2, 0.25) is 0 Å². The summed E-state index contributed by atoms with van der Waals surface area (Å²) in [7, 11) is 0. The molecule has 0 saturated carbocycles. The Morgan fingerprint density at radius 2 is 1.15 bits per heavy atom. The molecule has 0 spiro atoms. The van der Waals surface area contributed by atoms with Crippen LogP contribution in [0.1, 0.15) is 98.9 Å². The predicted octanol–water partition coefficient (Wildman–Crippen LogP) is 15.5. The summed E-state index contributed by atoms with van der Waals surface area (Å²) in [6.07, 6.45) is 6.98. The molecule has 286 valence electrons. The van der Waals surface area contributed by atoms with Crippen LogP contribution in [0.25, 0.3) is 33.0 Å². The van der Waals surface area contributed by atoms with Gasteiger partial charge in [0.2, 0.25) is 0 Å². The Hall–Kier alpha value is -6.38. The maximum atomic E-state index is 4.88. The number of nitrogens with zero attached hydrogens (tertiary/aromatic N) is 2. The van der Waals surface area contributed by atoms with E-state index in [1.54, 1.807) is 0 Å². The predicted molar refractivity (Wildman–Crippen MR) is 249 cm³/mol. The molecule has 59 heavy (non-hydrogen) atoms. The molecule has 0 aromatic heterocycles. The Labute approximate surface area is 348 Å². The second kappa shape index (κ2) is 11.6. The molecule has 0 saturated heterocycles. The van der Waals surface area contributed by atoms with Crippen molar-refractivity contribution in [3.8, 4) is 11.1 Å². The summed E-state index contributed by atoms with van der Waals surface area (Å²) < 4.78 is 0. The number of fused-ring (bicyclic) bond motifs is 3. The van der Waals surface area contributed by atoms with Gasteiger partial charge >= 0.3 is 0 Å². The molecule has 0 atom stereocenters. The lowest BCUT2D eigenvalue weighted by Crippen LogP contribution is -2.40. The molecular weight excluding hydrogens is 713 g/mol. The second-order valence-electron chi connectivity index (χ2n) is 19.0. The van der Waals surface area contributed by atoms with Crippen LogP contribution >= 0.6 is 0 Å². The highest BCUT2D eigenvalue weighted by Crippen LogP contribution is 2.65. The first-order valence-electron chi connectivity index (χ1n) is 21.3. The zero-order valence-corrected chi connectivity index (χ0v) is 34.9. The molecule has 0 amide bonds. The Balaban J connectivity index is 1.04. The summed E-state index contributed by atoms with van der Waals surface area (Å²) in [5.74, 6) is 0. The van der Waals surface area contributed by atoms with E-state index in [9.17, 15) is 0 Å². The minimum atomic E-state index is -0.258. The highest BCUT2D eigenvalue weighted by molar-refractivity contribution is 6.08. The van der Waals surface area contributed by atoms with E-state index in [1.807, 2.05) is 0 Å². The SMILES string of the molecule is C=C1c2cccc3c2N2c4c1cc(N(c1ccc(-c5ccc6c(c5)C(C)(C)C5=C6CCC=C5)cc1)c1ccc5ccccc5c1)cc4C(C)(C)c1cccc(c12)C3(C)C. The number of allylic oxidation sites excluding steroid dienone is 4. The van der Waals surface area contributed by atoms with Crippen LogP contribution < -0.4 is 9.80 Å². The molecule has 3 aliphatic heterocycles. The van der Waals surface area contributed by atoms with Gasteiger partial charge in [-0.25, -0.2) is 0 Å². The fraction of sp³-hybridized carbons (Fsp3) is 0.193. The van der Waals surface area contributed by atoms with Gasteiger partial charge in [0.25, 0.3) is 0 Å². The van der Waals surface area contributed by atoms with Crippen molar-refractivity contribution in [2.45, 2.75) is 70.6 Å². The van der Waals surface area contributed by atoms with Gasteiger partial charge in [-0.05, 0) is 127 Å². The van der Waals surface area contributed by atoms with Gasteiger partial charge in [-0.15, -0.1) is 0 Å². The van der Waals surface area contributed by atoms with Crippen molar-refractivity contribution in [2.24, 2.45) is 0 Å². The molecule has 7 aromatic carbocycles. The van der Waals surface area contributed by atoms with Gasteiger partial charge < -0.3 is 9.80 Å². The van der Waals surface area contributed by atoms with E-state index in [0.717, 1.165) is 35.5 Å². The monoisotopic (exact) mass is 760 g/mol. The molecule has 12 rings (SSSR count). The Bertz CT molecular complexity index is 3090. The van der Waals surface area contributed by atoms with Gasteiger partial charge in [0.1, 0.15) is 0 Å². The van der Waals surface area contributed by atoms with Crippen LogP contribution in [0.15, 0.2) is 158 Å². The summed E-state index contributed by atoms with van der Waals surface area (Å²) in [4.78, 5) is 5.06. The third-order valence-corrected chi connectivity index (χ3v) is 14.8. The highest BCUT2D eigenvalue weighted by Gasteiger charge is 2.49. The van der Waals surface area contributed by atoms with E-state index < -0.39 is 0 Å². The number of para-hydroxylation sites is 2. The quantitative estimate of drug-likeness (QED) is 0.176. The maximum absolute atomic E-state index is 4.88. The average molecular weight is 761 g/mol. The first kappa shape index (κ1) is 34.6. The molecule has 2 aliphatic carbocycles. The zero-order valence-electron chi connectivity index (χ0n) is 34.9. The Morgan fingerprint density at radius 1 is 0.492 bits per heavy atom. The Kier molecular flexibility index (Phi) is 6.83. The van der Waals surface area contributed by atoms with E-state index in [0.29, 0.717) is 0 Å². The summed E-state index contributed by atoms with van der Waals surface area (Å²) in [6.45, 7) is 19.3. The number of hydrogen-bond donors (Lipinski definition) is 0. The van der Waals surface area contributed by atoms with Gasteiger partial charge in [0, 0.05) is 44.4 Å². The molecule has 2 nitrogen and oxygen atoms in total. The Morgan fingerprint density at radius 3 is 1.93 bits per heavy atom. The van der Waals surface area contributed by atoms with Crippen molar-refractivity contribution in [2.75, 3.05) is 9.80 Å². The van der Waals surface area contributed by atoms with Gasteiger partial charge in [-0.2, -0.15) is 0 Å². The van der Waals surface area contributed by atoms with Gasteiger partial charge in [-0.3, -0.25) is 0 Å². The molecule has 7 aromatic rings. The first-order valence-corrected chi connectivity index (χ1v) is 21.3. The topological polar surface area (TPSA) is 6.48 Å². The summed E-state index contributed by atoms with van der Waals surface area (Å²) in [5.41, 5.74) is 24.3. The lowest BCUT2D eigenvalue weighted by molar-refractivity contribution is 0.596. The van der Waals surface area contributed by atoms with E-state index in [1.165, 1.54) is 94.6 Å². The minimum absolute atomic E-state index is 0.00347. The number of anilines is 6. The third kappa shape index (κ3) is 4.52. The molecule has 0 radical (unpaired) electrons. The summed E-state index contributed by atoms with van der Waals surface area (Å²) in [5, 5.41) is 2.46. The van der Waals surface area contributed by atoms with E-state index in [4.69, 9.17) is 6.58 Å². The molecule has 2 heteroatoms. The first-order chi connectivity index (χ1) is 28.4. The van der Waals surface area contributed by atoms with Crippen LogP contribution in [-0.4, -0.2) is 0 Å². The fourth-order valence-electron chi connectivity index (χ4n) is 11.5. The van der Waals surface area contributed by atoms with Crippen LogP contribution in [0.3, 0.4) is 0 Å². The zero-order chi connectivity index (χ0) is 40.2. The molecule has 0 bridgehead atoms. The maximum Gasteiger partial charge on any atom is 0.0583 e. The number of hydrogen-bond acceptors (Lipinski definition) is 2. The van der Waals surface area contributed by atoms with Crippen molar-refractivity contribution in [3.63, 3.8) is 0 Å². The fourth-order valence-corrected chi connectivity index (χ4v) is 11.5. The molecule has 0 unspecified atom stereocenters. The van der Waals surface area contributed by atoms with Gasteiger partial charge in [0.05, 0.1) is 17.1 Å². The highest BCUT2D eigenvalue weighted by atomic mass is 15.2. The van der Waals surface area contributed by atoms with Crippen molar-refractivity contribution in [1.82, 2.24) is 0 Å². The standard InChI is InChI=1S/C57H48N2/c1-34-42-17-12-19-47-52(42)59-53-45(34)32-41(33-51(53)57(6,7)49-21-13-20-48(54(49)59)56(47,4)5)58(40-28-24-35-14-8-9-15-37(35)30-40)39-26-22-36(23-27-39)38-25-29-44-43-16-10-11-18-46(43)55(2,3)50(44)31-38/h8-9,11-15,17-33H,1,10,16H2,2-7H3. The van der Waals surface area contributed by atoms with Crippen LogP contribution in [-0.2, 0) is 16.2 Å². The normalized spacial score (nSPS) is 17.8. The lowest BCUT2D eigenvalue weighted by atomic mass is 9.64. The molecule has 0 fully saturated rings. The largest absolute Gasteiger partial charge is 0.310 e. The van der Waals surface area contributed by atoms with Gasteiger partial charge in [-0.1, -0.05) is 151 Å².